The average Bonchev–Trinajstić information content (AvgIpc) is 3.09. The van der Waals surface area contributed by atoms with Gasteiger partial charge in [0.25, 0.3) is 5.91 Å². The van der Waals surface area contributed by atoms with E-state index in [1.807, 2.05) is 13.0 Å². The maximum Gasteiger partial charge on any atom is 0.267 e. The van der Waals surface area contributed by atoms with Gasteiger partial charge >= 0.3 is 0 Å². The lowest BCUT2D eigenvalue weighted by Gasteiger charge is -2.13. The smallest absolute Gasteiger partial charge is 0.267 e. The van der Waals surface area contributed by atoms with E-state index in [-0.39, 0.29) is 12.5 Å². The molecule has 29 heavy (non-hydrogen) atoms. The van der Waals surface area contributed by atoms with Gasteiger partial charge in [-0.3, -0.25) is 4.79 Å². The normalized spacial score (nSPS) is 10.5. The number of anilines is 1. The van der Waals surface area contributed by atoms with Gasteiger partial charge in [-0.2, -0.15) is 0 Å². The fourth-order valence-electron chi connectivity index (χ4n) is 2.69. The Bertz CT molecular complexity index is 1020. The first-order valence-electron chi connectivity index (χ1n) is 8.80. The van der Waals surface area contributed by atoms with Crippen molar-refractivity contribution in [3.05, 3.63) is 62.6 Å². The van der Waals surface area contributed by atoms with E-state index in [1.54, 1.807) is 51.5 Å². The molecule has 1 N–H and O–H groups in total. The van der Waals surface area contributed by atoms with E-state index in [0.29, 0.717) is 43.5 Å². The van der Waals surface area contributed by atoms with E-state index in [9.17, 15) is 4.79 Å². The molecule has 1 amide bonds. The van der Waals surface area contributed by atoms with Crippen LogP contribution in [0.3, 0.4) is 0 Å². The van der Waals surface area contributed by atoms with Gasteiger partial charge in [-0.1, -0.05) is 11.6 Å². The van der Waals surface area contributed by atoms with E-state index in [0.717, 1.165) is 5.56 Å². The van der Waals surface area contributed by atoms with Crippen molar-refractivity contribution in [2.24, 2.45) is 0 Å². The van der Waals surface area contributed by atoms with Gasteiger partial charge in [-0.15, -0.1) is 11.3 Å². The number of hydrogen-bond acceptors (Lipinski definition) is 6. The van der Waals surface area contributed by atoms with Crippen molar-refractivity contribution in [1.82, 2.24) is 4.98 Å². The van der Waals surface area contributed by atoms with Crippen LogP contribution >= 0.6 is 22.9 Å². The Morgan fingerprint density at radius 1 is 1.10 bits per heavy atom. The SMILES string of the molecule is COc1cc(C)c(NC(=O)c2sc(COc3ccc(Cl)cc3)nc2C)cc1OC. The van der Waals surface area contributed by atoms with Gasteiger partial charge in [-0.05, 0) is 49.7 Å². The van der Waals surface area contributed by atoms with Crippen molar-refractivity contribution in [2.75, 3.05) is 19.5 Å². The Morgan fingerprint density at radius 2 is 1.76 bits per heavy atom. The number of nitrogens with zero attached hydrogens (tertiary/aromatic N) is 1. The molecule has 0 spiro atoms. The molecule has 2 aromatic carbocycles. The second-order valence-electron chi connectivity index (χ2n) is 6.24. The molecule has 3 aromatic rings. The van der Waals surface area contributed by atoms with Gasteiger partial charge in [0, 0.05) is 16.8 Å². The second-order valence-corrected chi connectivity index (χ2v) is 7.76. The summed E-state index contributed by atoms with van der Waals surface area (Å²) in [6, 6.07) is 10.7. The third-order valence-electron chi connectivity index (χ3n) is 4.20. The summed E-state index contributed by atoms with van der Waals surface area (Å²) in [7, 11) is 3.13. The summed E-state index contributed by atoms with van der Waals surface area (Å²) in [5.74, 6) is 1.62. The largest absolute Gasteiger partial charge is 0.493 e. The predicted molar refractivity (Wildman–Crippen MR) is 115 cm³/mol. The van der Waals surface area contributed by atoms with Gasteiger partial charge in [0.05, 0.1) is 19.9 Å². The predicted octanol–water partition coefficient (Wildman–Crippen LogP) is 5.26. The minimum Gasteiger partial charge on any atom is -0.493 e. The summed E-state index contributed by atoms with van der Waals surface area (Å²) < 4.78 is 16.3. The lowest BCUT2D eigenvalue weighted by molar-refractivity contribution is 0.102. The maximum absolute atomic E-state index is 12.8. The summed E-state index contributed by atoms with van der Waals surface area (Å²) >= 11 is 7.18. The summed E-state index contributed by atoms with van der Waals surface area (Å²) in [6.07, 6.45) is 0. The molecule has 8 heteroatoms. The van der Waals surface area contributed by atoms with Crippen LogP contribution in [0.15, 0.2) is 36.4 Å². The van der Waals surface area contributed by atoms with Crippen molar-refractivity contribution >= 4 is 34.5 Å². The average molecular weight is 433 g/mol. The number of aryl methyl sites for hydroxylation is 2. The maximum atomic E-state index is 12.8. The number of carbonyl (C=O) groups excluding carboxylic acids is 1. The van der Waals surface area contributed by atoms with E-state index in [2.05, 4.69) is 10.3 Å². The Hall–Kier alpha value is -2.77. The zero-order valence-corrected chi connectivity index (χ0v) is 18.1. The Morgan fingerprint density at radius 3 is 2.41 bits per heavy atom. The topological polar surface area (TPSA) is 69.7 Å². The Labute approximate surface area is 178 Å². The standard InChI is InChI=1S/C21H21ClN2O4S/c1-12-9-17(26-3)18(27-4)10-16(12)24-21(25)20-13(2)23-19(29-20)11-28-15-7-5-14(22)6-8-15/h5-10H,11H2,1-4H3,(H,24,25). The van der Waals surface area contributed by atoms with Crippen LogP contribution in [0.5, 0.6) is 17.2 Å². The molecule has 0 fully saturated rings. The highest BCUT2D eigenvalue weighted by atomic mass is 35.5. The number of halogens is 1. The summed E-state index contributed by atoms with van der Waals surface area (Å²) in [5.41, 5.74) is 2.17. The number of ether oxygens (including phenoxy) is 3. The van der Waals surface area contributed by atoms with Crippen molar-refractivity contribution in [3.63, 3.8) is 0 Å². The molecule has 152 valence electrons. The van der Waals surface area contributed by atoms with Crippen LogP contribution in [0.4, 0.5) is 5.69 Å². The van der Waals surface area contributed by atoms with Crippen LogP contribution in [0.1, 0.15) is 25.9 Å². The molecule has 0 radical (unpaired) electrons. The molecule has 0 aliphatic heterocycles. The van der Waals surface area contributed by atoms with Crippen molar-refractivity contribution in [1.29, 1.82) is 0 Å². The minimum atomic E-state index is -0.229. The first-order valence-corrected chi connectivity index (χ1v) is 9.99. The second kappa shape index (κ2) is 9.15. The number of carbonyl (C=O) groups is 1. The number of aromatic nitrogens is 1. The van der Waals surface area contributed by atoms with Crippen molar-refractivity contribution in [2.45, 2.75) is 20.5 Å². The fourth-order valence-corrected chi connectivity index (χ4v) is 3.69. The molecule has 0 aliphatic carbocycles. The minimum absolute atomic E-state index is 0.229. The van der Waals surface area contributed by atoms with Crippen LogP contribution in [-0.4, -0.2) is 25.1 Å². The monoisotopic (exact) mass is 432 g/mol. The number of rotatable bonds is 7. The Balaban J connectivity index is 1.72. The van der Waals surface area contributed by atoms with Crippen molar-refractivity contribution in [3.8, 4) is 17.2 Å². The molecular weight excluding hydrogens is 412 g/mol. The van der Waals surface area contributed by atoms with Crippen molar-refractivity contribution < 1.29 is 19.0 Å². The van der Waals surface area contributed by atoms with Crippen LogP contribution in [0.25, 0.3) is 0 Å². The highest BCUT2D eigenvalue weighted by molar-refractivity contribution is 7.13. The highest BCUT2D eigenvalue weighted by Gasteiger charge is 2.18. The molecular formula is C21H21ClN2O4S. The molecule has 6 nitrogen and oxygen atoms in total. The molecule has 1 aromatic heterocycles. The Kier molecular flexibility index (Phi) is 6.61. The molecule has 3 rings (SSSR count). The van der Waals surface area contributed by atoms with Crippen LogP contribution in [0.2, 0.25) is 5.02 Å². The highest BCUT2D eigenvalue weighted by Crippen LogP contribution is 2.33. The first-order chi connectivity index (χ1) is 13.9. The van der Waals surface area contributed by atoms with Gasteiger partial charge in [0.2, 0.25) is 0 Å². The number of nitrogens with one attached hydrogen (secondary N) is 1. The van der Waals surface area contributed by atoms with Gasteiger partial charge in [0.1, 0.15) is 22.2 Å². The molecule has 0 saturated heterocycles. The zero-order valence-electron chi connectivity index (χ0n) is 16.5. The first kappa shape index (κ1) is 21.0. The number of amides is 1. The van der Waals surface area contributed by atoms with Gasteiger partial charge in [0.15, 0.2) is 11.5 Å². The zero-order chi connectivity index (χ0) is 21.0. The third kappa shape index (κ3) is 4.99. The lowest BCUT2D eigenvalue weighted by atomic mass is 10.1. The van der Waals surface area contributed by atoms with E-state index < -0.39 is 0 Å². The van der Waals surface area contributed by atoms with Crippen LogP contribution < -0.4 is 19.5 Å². The van der Waals surface area contributed by atoms with E-state index in [1.165, 1.54) is 11.3 Å². The molecule has 0 saturated carbocycles. The number of methoxy groups -OCH3 is 2. The van der Waals surface area contributed by atoms with Gasteiger partial charge < -0.3 is 19.5 Å². The third-order valence-corrected chi connectivity index (χ3v) is 5.58. The summed E-state index contributed by atoms with van der Waals surface area (Å²) in [4.78, 5) is 17.8. The van der Waals surface area contributed by atoms with Crippen LogP contribution in [-0.2, 0) is 6.61 Å². The molecule has 0 atom stereocenters. The molecule has 0 unspecified atom stereocenters. The summed E-state index contributed by atoms with van der Waals surface area (Å²) in [5, 5.41) is 4.29. The van der Waals surface area contributed by atoms with E-state index in [4.69, 9.17) is 25.8 Å². The fraction of sp³-hybridized carbons (Fsp3) is 0.238. The summed E-state index contributed by atoms with van der Waals surface area (Å²) in [6.45, 7) is 3.97. The number of benzene rings is 2. The van der Waals surface area contributed by atoms with Crippen LogP contribution in [0, 0.1) is 13.8 Å². The number of hydrogen-bond donors (Lipinski definition) is 1. The quantitative estimate of drug-likeness (QED) is 0.551. The lowest BCUT2D eigenvalue weighted by Crippen LogP contribution is -2.12. The number of thiazole rings is 1. The van der Waals surface area contributed by atoms with E-state index >= 15 is 0 Å². The molecule has 0 bridgehead atoms. The molecule has 0 aliphatic rings. The molecule has 1 heterocycles. The van der Waals surface area contributed by atoms with Gasteiger partial charge in [-0.25, -0.2) is 4.98 Å².